The zero-order valence-corrected chi connectivity index (χ0v) is 13.1. The molecule has 0 aliphatic carbocycles. The summed E-state index contributed by atoms with van der Waals surface area (Å²) in [6.07, 6.45) is 0.480. The van der Waals surface area contributed by atoms with E-state index in [1.807, 2.05) is 0 Å². The van der Waals surface area contributed by atoms with E-state index in [-0.39, 0.29) is 17.7 Å². The Balaban J connectivity index is 1.91. The molecule has 0 spiro atoms. The second-order valence-corrected chi connectivity index (χ2v) is 6.55. The minimum absolute atomic E-state index is 0.157. The smallest absolute Gasteiger partial charge is 0.257 e. The third-order valence-electron chi connectivity index (χ3n) is 3.96. The Labute approximate surface area is 135 Å². The molecule has 1 aromatic heterocycles. The highest BCUT2D eigenvalue weighted by Gasteiger charge is 2.28. The van der Waals surface area contributed by atoms with E-state index < -0.39 is 17.5 Å². The van der Waals surface area contributed by atoms with Gasteiger partial charge in [-0.3, -0.25) is 4.79 Å². The monoisotopic (exact) mass is 333 g/mol. The molecule has 1 aliphatic rings. The SMILES string of the molecule is Cc1cc(F)c(C(=O)N2CCc3c(sc(N)c3C#N)C2)cc1F. The third kappa shape index (κ3) is 2.55. The molecule has 0 bridgehead atoms. The standard InChI is InChI=1S/C16H13F2N3OS/c1-8-4-13(18)10(5-12(8)17)16(22)21-3-2-9-11(6-19)15(20)23-14(9)7-21/h4-5H,2-3,7,20H2,1H3. The van der Waals surface area contributed by atoms with Crippen LogP contribution in [0.5, 0.6) is 0 Å². The van der Waals surface area contributed by atoms with Gasteiger partial charge < -0.3 is 10.6 Å². The van der Waals surface area contributed by atoms with Gasteiger partial charge in [-0.05, 0) is 36.6 Å². The molecule has 1 aromatic carbocycles. The molecule has 0 unspecified atom stereocenters. The van der Waals surface area contributed by atoms with Gasteiger partial charge in [0.2, 0.25) is 0 Å². The Morgan fingerprint density at radius 3 is 2.83 bits per heavy atom. The van der Waals surface area contributed by atoms with Gasteiger partial charge in [-0.2, -0.15) is 5.26 Å². The van der Waals surface area contributed by atoms with Gasteiger partial charge in [0, 0.05) is 11.4 Å². The number of benzene rings is 1. The predicted octanol–water partition coefficient (Wildman–Crippen LogP) is 2.99. The number of thiophene rings is 1. The Morgan fingerprint density at radius 1 is 1.39 bits per heavy atom. The van der Waals surface area contributed by atoms with Gasteiger partial charge in [-0.1, -0.05) is 0 Å². The predicted molar refractivity (Wildman–Crippen MR) is 83.0 cm³/mol. The first-order chi connectivity index (χ1) is 10.9. The number of hydrogen-bond acceptors (Lipinski definition) is 4. The van der Waals surface area contributed by atoms with Crippen LogP contribution >= 0.6 is 11.3 Å². The Bertz CT molecular complexity index is 854. The van der Waals surface area contributed by atoms with Crippen molar-refractivity contribution in [2.75, 3.05) is 12.3 Å². The van der Waals surface area contributed by atoms with Crippen LogP contribution in [-0.4, -0.2) is 17.4 Å². The van der Waals surface area contributed by atoms with Crippen LogP contribution in [0.15, 0.2) is 12.1 Å². The highest BCUT2D eigenvalue weighted by molar-refractivity contribution is 7.16. The quantitative estimate of drug-likeness (QED) is 0.872. The number of nitrogens with two attached hydrogens (primary N) is 1. The molecule has 2 N–H and O–H groups in total. The van der Waals surface area contributed by atoms with Crippen molar-refractivity contribution in [3.63, 3.8) is 0 Å². The molecular weight excluding hydrogens is 320 g/mol. The summed E-state index contributed by atoms with van der Waals surface area (Å²) in [6, 6.07) is 4.03. The maximum atomic E-state index is 14.0. The van der Waals surface area contributed by atoms with Crippen molar-refractivity contribution in [3.05, 3.63) is 50.9 Å². The van der Waals surface area contributed by atoms with Gasteiger partial charge in [-0.15, -0.1) is 11.3 Å². The van der Waals surface area contributed by atoms with Crippen molar-refractivity contribution >= 4 is 22.2 Å². The van der Waals surface area contributed by atoms with Gasteiger partial charge in [-0.25, -0.2) is 8.78 Å². The normalized spacial score (nSPS) is 13.6. The molecule has 2 aromatic rings. The lowest BCUT2D eigenvalue weighted by Gasteiger charge is -2.27. The number of carbonyl (C=O) groups excluding carboxylic acids is 1. The van der Waals surface area contributed by atoms with Crippen molar-refractivity contribution in [1.29, 1.82) is 5.26 Å². The number of nitriles is 1. The van der Waals surface area contributed by atoms with Crippen molar-refractivity contribution in [2.45, 2.75) is 19.9 Å². The van der Waals surface area contributed by atoms with Crippen LogP contribution in [0.2, 0.25) is 0 Å². The maximum absolute atomic E-state index is 14.0. The summed E-state index contributed by atoms with van der Waals surface area (Å²) in [4.78, 5) is 14.8. The topological polar surface area (TPSA) is 70.1 Å². The van der Waals surface area contributed by atoms with Crippen LogP contribution in [0.3, 0.4) is 0 Å². The van der Waals surface area contributed by atoms with E-state index in [1.54, 1.807) is 0 Å². The number of nitrogen functional groups attached to an aromatic ring is 1. The van der Waals surface area contributed by atoms with Crippen LogP contribution in [0.1, 0.15) is 31.9 Å². The number of carbonyl (C=O) groups is 1. The zero-order valence-electron chi connectivity index (χ0n) is 12.3. The number of nitrogens with zero attached hydrogens (tertiary/aromatic N) is 2. The molecule has 3 rings (SSSR count). The van der Waals surface area contributed by atoms with Gasteiger partial charge in [0.25, 0.3) is 5.91 Å². The van der Waals surface area contributed by atoms with Gasteiger partial charge in [0.05, 0.1) is 17.7 Å². The number of rotatable bonds is 1. The fourth-order valence-corrected chi connectivity index (χ4v) is 3.79. The van der Waals surface area contributed by atoms with Gasteiger partial charge in [0.15, 0.2) is 0 Å². The highest BCUT2D eigenvalue weighted by atomic mass is 32.1. The fourth-order valence-electron chi connectivity index (χ4n) is 2.70. The first kappa shape index (κ1) is 15.4. The summed E-state index contributed by atoms with van der Waals surface area (Å²) < 4.78 is 27.6. The van der Waals surface area contributed by atoms with Crippen LogP contribution in [0.4, 0.5) is 13.8 Å². The second-order valence-electron chi connectivity index (χ2n) is 5.41. The largest absolute Gasteiger partial charge is 0.389 e. The van der Waals surface area contributed by atoms with Crippen LogP contribution in [0.25, 0.3) is 0 Å². The average molecular weight is 333 g/mol. The lowest BCUT2D eigenvalue weighted by atomic mass is 10.0. The Morgan fingerprint density at radius 2 is 2.13 bits per heavy atom. The number of halogens is 2. The van der Waals surface area contributed by atoms with Crippen molar-refractivity contribution in [1.82, 2.24) is 4.90 Å². The molecular formula is C16H13F2N3OS. The van der Waals surface area contributed by atoms with E-state index in [1.165, 1.54) is 23.2 Å². The van der Waals surface area contributed by atoms with Crippen LogP contribution < -0.4 is 5.73 Å². The van der Waals surface area contributed by atoms with E-state index in [4.69, 9.17) is 11.0 Å². The van der Waals surface area contributed by atoms with E-state index in [9.17, 15) is 13.6 Å². The molecule has 23 heavy (non-hydrogen) atoms. The first-order valence-corrected chi connectivity index (χ1v) is 7.79. The minimum Gasteiger partial charge on any atom is -0.389 e. The average Bonchev–Trinajstić information content (AvgIpc) is 2.84. The van der Waals surface area contributed by atoms with Gasteiger partial charge >= 0.3 is 0 Å². The molecule has 2 heterocycles. The molecule has 0 saturated heterocycles. The molecule has 7 heteroatoms. The lowest BCUT2D eigenvalue weighted by Crippen LogP contribution is -2.36. The summed E-state index contributed by atoms with van der Waals surface area (Å²) >= 11 is 1.26. The van der Waals surface area contributed by atoms with E-state index in [2.05, 4.69) is 6.07 Å². The summed E-state index contributed by atoms with van der Waals surface area (Å²) in [5.74, 6) is -1.90. The van der Waals surface area contributed by atoms with Crippen molar-refractivity contribution in [2.24, 2.45) is 0 Å². The van der Waals surface area contributed by atoms with Crippen molar-refractivity contribution < 1.29 is 13.6 Å². The molecule has 0 fully saturated rings. The summed E-state index contributed by atoms with van der Waals surface area (Å²) in [5, 5.41) is 9.54. The molecule has 4 nitrogen and oxygen atoms in total. The number of fused-ring (bicyclic) bond motifs is 1. The molecule has 0 saturated carbocycles. The van der Waals surface area contributed by atoms with Crippen LogP contribution in [-0.2, 0) is 13.0 Å². The fraction of sp³-hybridized carbons (Fsp3) is 0.250. The summed E-state index contributed by atoms with van der Waals surface area (Å²) in [7, 11) is 0. The molecule has 0 atom stereocenters. The maximum Gasteiger partial charge on any atom is 0.257 e. The summed E-state index contributed by atoms with van der Waals surface area (Å²) in [6.45, 7) is 2.03. The van der Waals surface area contributed by atoms with Crippen LogP contribution in [0, 0.1) is 29.9 Å². The number of amides is 1. The van der Waals surface area contributed by atoms with E-state index in [0.717, 1.165) is 22.6 Å². The van der Waals surface area contributed by atoms with Crippen molar-refractivity contribution in [3.8, 4) is 6.07 Å². The Kier molecular flexibility index (Phi) is 3.78. The van der Waals surface area contributed by atoms with Gasteiger partial charge in [0.1, 0.15) is 22.7 Å². The second kappa shape index (κ2) is 5.63. The zero-order chi connectivity index (χ0) is 16.7. The molecule has 118 valence electrons. The lowest BCUT2D eigenvalue weighted by molar-refractivity contribution is 0.0731. The summed E-state index contributed by atoms with van der Waals surface area (Å²) in [5.41, 5.74) is 7.01. The molecule has 0 radical (unpaired) electrons. The number of anilines is 1. The minimum atomic E-state index is -0.733. The first-order valence-electron chi connectivity index (χ1n) is 6.97. The number of hydrogen-bond donors (Lipinski definition) is 1. The van der Waals surface area contributed by atoms with E-state index in [0.29, 0.717) is 23.5 Å². The molecule has 1 amide bonds. The molecule has 1 aliphatic heterocycles. The number of aryl methyl sites for hydroxylation is 1. The Hall–Kier alpha value is -2.46. The van der Waals surface area contributed by atoms with E-state index >= 15 is 0 Å². The highest BCUT2D eigenvalue weighted by Crippen LogP contribution is 2.35. The third-order valence-corrected chi connectivity index (χ3v) is 5.01.